The number of benzene rings is 2. The van der Waals surface area contributed by atoms with E-state index < -0.39 is 17.5 Å². The summed E-state index contributed by atoms with van der Waals surface area (Å²) < 4.78 is 10.7. The zero-order valence-electron chi connectivity index (χ0n) is 17.2. The van der Waals surface area contributed by atoms with Gasteiger partial charge in [0.2, 0.25) is 0 Å². The summed E-state index contributed by atoms with van der Waals surface area (Å²) in [5.41, 5.74) is 0.805. The topological polar surface area (TPSA) is 93.7 Å². The van der Waals surface area contributed by atoms with Gasteiger partial charge in [0, 0.05) is 37.4 Å². The third-order valence-corrected chi connectivity index (χ3v) is 4.90. The Kier molecular flexibility index (Phi) is 6.84. The highest BCUT2D eigenvalue weighted by Gasteiger charge is 2.42. The molecule has 3 rings (SSSR count). The van der Waals surface area contributed by atoms with Crippen molar-refractivity contribution in [2.24, 2.45) is 0 Å². The Bertz CT molecular complexity index is 943. The molecule has 1 unspecified atom stereocenters. The molecule has 0 aromatic heterocycles. The van der Waals surface area contributed by atoms with Gasteiger partial charge in [-0.15, -0.1) is 0 Å². The van der Waals surface area contributed by atoms with Gasteiger partial charge in [0.25, 0.3) is 11.8 Å². The number of amides is 2. The maximum absolute atomic E-state index is 12.9. The van der Waals surface area contributed by atoms with Crippen LogP contribution in [0.25, 0.3) is 0 Å². The lowest BCUT2D eigenvalue weighted by Gasteiger charge is -2.33. The fraction of sp³-hybridized carbons (Fsp3) is 0.348. The molecular weight excluding hydrogens is 384 g/mol. The number of anilines is 1. The van der Waals surface area contributed by atoms with Gasteiger partial charge in [0.1, 0.15) is 0 Å². The van der Waals surface area contributed by atoms with Crippen LogP contribution >= 0.6 is 0 Å². The van der Waals surface area contributed by atoms with Gasteiger partial charge in [0.15, 0.2) is 5.60 Å². The molecule has 30 heavy (non-hydrogen) atoms. The van der Waals surface area contributed by atoms with E-state index in [1.165, 1.54) is 0 Å². The zero-order valence-corrected chi connectivity index (χ0v) is 17.2. The van der Waals surface area contributed by atoms with E-state index in [9.17, 15) is 14.4 Å². The predicted molar refractivity (Wildman–Crippen MR) is 112 cm³/mol. The zero-order chi connectivity index (χ0) is 21.6. The summed E-state index contributed by atoms with van der Waals surface area (Å²) in [6.45, 7) is 5.25. The van der Waals surface area contributed by atoms with Gasteiger partial charge in [-0.1, -0.05) is 24.3 Å². The molecule has 0 saturated heterocycles. The lowest BCUT2D eigenvalue weighted by molar-refractivity contribution is -0.134. The number of rotatable bonds is 8. The first-order valence-electron chi connectivity index (χ1n) is 10.0. The Morgan fingerprint density at radius 3 is 2.77 bits per heavy atom. The van der Waals surface area contributed by atoms with Gasteiger partial charge in [-0.25, -0.2) is 4.79 Å². The Hall–Kier alpha value is -3.19. The normalized spacial score (nSPS) is 17.6. The van der Waals surface area contributed by atoms with Crippen molar-refractivity contribution in [2.75, 3.05) is 25.1 Å². The summed E-state index contributed by atoms with van der Waals surface area (Å²) in [7, 11) is 0. The SMILES string of the molecule is CCOCCCNC(=O)c1cccc(NC(=O)C2(C)Cc3ccccc3C(=O)O2)c1. The molecule has 0 saturated carbocycles. The Morgan fingerprint density at radius 1 is 1.17 bits per heavy atom. The number of esters is 1. The summed E-state index contributed by atoms with van der Waals surface area (Å²) in [5.74, 6) is -1.19. The molecular formula is C23H26N2O5. The van der Waals surface area contributed by atoms with Crippen molar-refractivity contribution < 1.29 is 23.9 Å². The van der Waals surface area contributed by atoms with E-state index in [1.807, 2.05) is 19.1 Å². The van der Waals surface area contributed by atoms with Crippen molar-refractivity contribution in [1.82, 2.24) is 5.32 Å². The van der Waals surface area contributed by atoms with Crippen molar-refractivity contribution in [1.29, 1.82) is 0 Å². The Balaban J connectivity index is 1.64. The second kappa shape index (κ2) is 9.54. The lowest BCUT2D eigenvalue weighted by Crippen LogP contribution is -2.48. The first kappa shape index (κ1) is 21.5. The van der Waals surface area contributed by atoms with Gasteiger partial charge in [-0.3, -0.25) is 9.59 Å². The number of hydrogen-bond acceptors (Lipinski definition) is 5. The van der Waals surface area contributed by atoms with E-state index >= 15 is 0 Å². The van der Waals surface area contributed by atoms with Crippen LogP contribution in [0.5, 0.6) is 0 Å². The van der Waals surface area contributed by atoms with E-state index in [0.717, 1.165) is 12.0 Å². The molecule has 2 N–H and O–H groups in total. The number of fused-ring (bicyclic) bond motifs is 1. The highest BCUT2D eigenvalue weighted by atomic mass is 16.6. The maximum atomic E-state index is 12.9. The summed E-state index contributed by atoms with van der Waals surface area (Å²) in [5, 5.41) is 5.59. The van der Waals surface area contributed by atoms with Crippen molar-refractivity contribution in [3.63, 3.8) is 0 Å². The molecule has 158 valence electrons. The number of carbonyl (C=O) groups excluding carboxylic acids is 3. The minimum atomic E-state index is -1.33. The van der Waals surface area contributed by atoms with Crippen LogP contribution in [0.1, 0.15) is 46.5 Å². The molecule has 1 atom stereocenters. The van der Waals surface area contributed by atoms with Crippen LogP contribution in [0.2, 0.25) is 0 Å². The molecule has 7 heteroatoms. The van der Waals surface area contributed by atoms with Gasteiger partial charge < -0.3 is 20.1 Å². The monoisotopic (exact) mass is 410 g/mol. The van der Waals surface area contributed by atoms with Crippen LogP contribution in [-0.4, -0.2) is 43.1 Å². The molecule has 1 aliphatic rings. The summed E-state index contributed by atoms with van der Waals surface area (Å²) >= 11 is 0. The summed E-state index contributed by atoms with van der Waals surface area (Å²) in [4.78, 5) is 37.5. The molecule has 0 fully saturated rings. The van der Waals surface area contributed by atoms with Crippen LogP contribution in [0.15, 0.2) is 48.5 Å². The highest BCUT2D eigenvalue weighted by Crippen LogP contribution is 2.29. The Morgan fingerprint density at radius 2 is 1.97 bits per heavy atom. The second-order valence-electron chi connectivity index (χ2n) is 7.30. The first-order chi connectivity index (χ1) is 14.4. The van der Waals surface area contributed by atoms with Gasteiger partial charge >= 0.3 is 5.97 Å². The van der Waals surface area contributed by atoms with Crippen LogP contribution in [0, 0.1) is 0 Å². The molecule has 2 amide bonds. The third kappa shape index (κ3) is 5.04. The molecule has 7 nitrogen and oxygen atoms in total. The average Bonchev–Trinajstić information content (AvgIpc) is 2.73. The molecule has 0 bridgehead atoms. The van der Waals surface area contributed by atoms with Crippen LogP contribution < -0.4 is 10.6 Å². The number of carbonyl (C=O) groups is 3. The summed E-state index contributed by atoms with van der Waals surface area (Å²) in [6, 6.07) is 13.7. The fourth-order valence-electron chi connectivity index (χ4n) is 3.28. The largest absolute Gasteiger partial charge is 0.445 e. The molecule has 0 aliphatic carbocycles. The second-order valence-corrected chi connectivity index (χ2v) is 7.30. The molecule has 0 spiro atoms. The minimum absolute atomic E-state index is 0.230. The van der Waals surface area contributed by atoms with E-state index in [4.69, 9.17) is 9.47 Å². The number of nitrogens with one attached hydrogen (secondary N) is 2. The first-order valence-corrected chi connectivity index (χ1v) is 10.0. The highest BCUT2D eigenvalue weighted by molar-refractivity contribution is 6.03. The van der Waals surface area contributed by atoms with Crippen molar-refractivity contribution in [3.8, 4) is 0 Å². The van der Waals surface area contributed by atoms with Crippen LogP contribution in [0.4, 0.5) is 5.69 Å². The summed E-state index contributed by atoms with van der Waals surface area (Å²) in [6.07, 6.45) is 1.00. The van der Waals surface area contributed by atoms with Crippen molar-refractivity contribution in [3.05, 3.63) is 65.2 Å². The Labute approximate surface area is 175 Å². The quantitative estimate of drug-likeness (QED) is 0.516. The fourth-order valence-corrected chi connectivity index (χ4v) is 3.28. The predicted octanol–water partition coefficient (Wildman–Crippen LogP) is 2.95. The number of hydrogen-bond donors (Lipinski definition) is 2. The van der Waals surface area contributed by atoms with Crippen molar-refractivity contribution >= 4 is 23.5 Å². The van der Waals surface area contributed by atoms with E-state index in [2.05, 4.69) is 10.6 Å². The van der Waals surface area contributed by atoms with Gasteiger partial charge in [-0.05, 0) is 50.1 Å². The minimum Gasteiger partial charge on any atom is -0.445 e. The van der Waals surface area contributed by atoms with E-state index in [0.29, 0.717) is 36.6 Å². The molecule has 2 aromatic rings. The van der Waals surface area contributed by atoms with Gasteiger partial charge in [0.05, 0.1) is 5.56 Å². The van der Waals surface area contributed by atoms with Crippen LogP contribution in [-0.2, 0) is 20.7 Å². The number of cyclic esters (lactones) is 1. The molecule has 0 radical (unpaired) electrons. The smallest absolute Gasteiger partial charge is 0.339 e. The standard InChI is InChI=1S/C23H26N2O5/c1-3-29-13-7-12-24-20(26)16-9-6-10-18(14-16)25-22(28)23(2)15-17-8-4-5-11-19(17)21(27)30-23/h4-6,8-11,14H,3,7,12-13,15H2,1-2H3,(H,24,26)(H,25,28). The molecule has 1 heterocycles. The average molecular weight is 410 g/mol. The van der Waals surface area contributed by atoms with E-state index in [1.54, 1.807) is 43.3 Å². The lowest BCUT2D eigenvalue weighted by atomic mass is 9.89. The van der Waals surface area contributed by atoms with E-state index in [-0.39, 0.29) is 12.3 Å². The van der Waals surface area contributed by atoms with Crippen molar-refractivity contribution in [2.45, 2.75) is 32.3 Å². The molecule has 2 aromatic carbocycles. The molecule has 1 aliphatic heterocycles. The maximum Gasteiger partial charge on any atom is 0.339 e. The van der Waals surface area contributed by atoms with Gasteiger partial charge in [-0.2, -0.15) is 0 Å². The third-order valence-electron chi connectivity index (χ3n) is 4.90. The number of ether oxygens (including phenoxy) is 2. The van der Waals surface area contributed by atoms with Crippen LogP contribution in [0.3, 0.4) is 0 Å².